The van der Waals surface area contributed by atoms with Crippen molar-refractivity contribution in [3.05, 3.63) is 34.7 Å². The van der Waals surface area contributed by atoms with E-state index < -0.39 is 0 Å². The van der Waals surface area contributed by atoms with Gasteiger partial charge in [0.1, 0.15) is 0 Å². The number of carbonyl (C=O) groups is 1. The first kappa shape index (κ1) is 17.7. The second-order valence-corrected chi connectivity index (χ2v) is 8.47. The molecule has 3 nitrogen and oxygen atoms in total. The monoisotopic (exact) mass is 364 g/mol. The number of rotatable bonds is 2. The van der Waals surface area contributed by atoms with Gasteiger partial charge < -0.3 is 5.32 Å². The minimum atomic E-state index is 0. The maximum atomic E-state index is 12.8. The Labute approximate surface area is 153 Å². The fourth-order valence-corrected chi connectivity index (χ4v) is 5.32. The van der Waals surface area contributed by atoms with Gasteiger partial charge in [0.25, 0.3) is 5.91 Å². The molecule has 1 amide bonds. The highest BCUT2D eigenvalue weighted by atomic mass is 35.5. The van der Waals surface area contributed by atoms with Crippen LogP contribution in [0, 0.1) is 12.8 Å². The van der Waals surface area contributed by atoms with Crippen LogP contribution in [0.1, 0.15) is 42.6 Å². The topological polar surface area (TPSA) is 32.3 Å². The number of aryl methyl sites for hydroxylation is 1. The molecule has 3 aliphatic heterocycles. The van der Waals surface area contributed by atoms with Gasteiger partial charge in [0.2, 0.25) is 0 Å². The smallest absolute Gasteiger partial charge is 0.251 e. The molecule has 1 N–H and O–H groups in total. The highest BCUT2D eigenvalue weighted by molar-refractivity contribution is 7.17. The number of fused-ring (bicyclic) bond motifs is 4. The fraction of sp³-hybridized carbons (Fsp3) is 0.526. The normalized spacial score (nSPS) is 27.7. The van der Waals surface area contributed by atoms with Gasteiger partial charge in [0, 0.05) is 21.8 Å². The van der Waals surface area contributed by atoms with E-state index in [0.29, 0.717) is 5.92 Å². The zero-order valence-electron chi connectivity index (χ0n) is 14.5. The van der Waals surface area contributed by atoms with Gasteiger partial charge in [-0.25, -0.2) is 0 Å². The van der Waals surface area contributed by atoms with Crippen molar-refractivity contribution in [3.63, 3.8) is 0 Å². The third-order valence-electron chi connectivity index (χ3n) is 5.90. The van der Waals surface area contributed by atoms with Crippen molar-refractivity contribution in [1.29, 1.82) is 0 Å². The molecule has 0 spiro atoms. The van der Waals surface area contributed by atoms with E-state index in [0.717, 1.165) is 5.56 Å². The van der Waals surface area contributed by atoms with Crippen LogP contribution in [0.4, 0.5) is 0 Å². The van der Waals surface area contributed by atoms with E-state index >= 15 is 0 Å². The Balaban J connectivity index is 0.00000169. The summed E-state index contributed by atoms with van der Waals surface area (Å²) in [5.41, 5.74) is 2.09. The highest BCUT2D eigenvalue weighted by Gasteiger charge is 2.48. The first-order valence-electron chi connectivity index (χ1n) is 8.50. The molecule has 3 fully saturated rings. The van der Waals surface area contributed by atoms with Crippen molar-refractivity contribution in [3.8, 4) is 0 Å². The molecule has 130 valence electrons. The summed E-state index contributed by atoms with van der Waals surface area (Å²) in [5.74, 6) is 0.690. The first-order valence-corrected chi connectivity index (χ1v) is 9.38. The summed E-state index contributed by atoms with van der Waals surface area (Å²) in [6.07, 6.45) is 2.41. The number of nitrogens with zero attached hydrogens (tertiary/aromatic N) is 1. The maximum absolute atomic E-state index is 12.8. The van der Waals surface area contributed by atoms with Crippen molar-refractivity contribution in [2.75, 3.05) is 13.1 Å². The Morgan fingerprint density at radius 1 is 1.29 bits per heavy atom. The molecule has 3 aliphatic rings. The maximum Gasteiger partial charge on any atom is 0.251 e. The fourth-order valence-electron chi connectivity index (χ4n) is 4.40. The molecule has 3 saturated heterocycles. The summed E-state index contributed by atoms with van der Waals surface area (Å²) in [7, 11) is 0. The molecule has 0 radical (unpaired) electrons. The Hall–Kier alpha value is -1.10. The largest absolute Gasteiger partial charge is 0.347 e. The molecule has 2 aromatic rings. The molecule has 4 heterocycles. The number of halogens is 1. The molecule has 2 bridgehead atoms. The lowest BCUT2D eigenvalue weighted by Gasteiger charge is -2.56. The van der Waals surface area contributed by atoms with Crippen LogP contribution in [0.5, 0.6) is 0 Å². The minimum absolute atomic E-state index is 0. The van der Waals surface area contributed by atoms with Crippen molar-refractivity contribution in [2.24, 2.45) is 5.92 Å². The van der Waals surface area contributed by atoms with Crippen LogP contribution in [-0.2, 0) is 0 Å². The first-order chi connectivity index (χ1) is 11.0. The van der Waals surface area contributed by atoms with E-state index in [9.17, 15) is 4.79 Å². The molecule has 24 heavy (non-hydrogen) atoms. The molecule has 1 atom stereocenters. The lowest BCUT2D eigenvalue weighted by atomic mass is 9.72. The summed E-state index contributed by atoms with van der Waals surface area (Å²) < 4.78 is 1.25. The van der Waals surface area contributed by atoms with Crippen LogP contribution in [-0.4, -0.2) is 35.5 Å². The molecule has 1 aromatic heterocycles. The number of nitrogens with one attached hydrogen (secondary N) is 1. The van der Waals surface area contributed by atoms with Crippen LogP contribution in [0.15, 0.2) is 23.6 Å². The number of benzene rings is 1. The van der Waals surface area contributed by atoms with Crippen molar-refractivity contribution in [2.45, 2.75) is 45.2 Å². The summed E-state index contributed by atoms with van der Waals surface area (Å²) in [6, 6.07) is 6.33. The highest BCUT2D eigenvalue weighted by Crippen LogP contribution is 2.39. The van der Waals surface area contributed by atoms with Gasteiger partial charge in [-0.05, 0) is 87.1 Å². The number of amides is 1. The van der Waals surface area contributed by atoms with E-state index in [4.69, 9.17) is 0 Å². The van der Waals surface area contributed by atoms with E-state index in [-0.39, 0.29) is 29.9 Å². The molecule has 5 heteroatoms. The molecule has 5 rings (SSSR count). The summed E-state index contributed by atoms with van der Waals surface area (Å²) in [4.78, 5) is 15.4. The number of carbonyl (C=O) groups excluding carboxylic acids is 1. The zero-order chi connectivity index (χ0) is 16.2. The van der Waals surface area contributed by atoms with Crippen molar-refractivity contribution < 1.29 is 4.79 Å². The van der Waals surface area contributed by atoms with E-state index in [1.54, 1.807) is 11.3 Å². The van der Waals surface area contributed by atoms with Gasteiger partial charge in [-0.3, -0.25) is 9.69 Å². The minimum Gasteiger partial charge on any atom is -0.347 e. The molecule has 0 aliphatic carbocycles. The van der Waals surface area contributed by atoms with Gasteiger partial charge in [-0.2, -0.15) is 0 Å². The Morgan fingerprint density at radius 2 is 2.00 bits per heavy atom. The van der Waals surface area contributed by atoms with Crippen molar-refractivity contribution in [1.82, 2.24) is 10.2 Å². The molecule has 0 saturated carbocycles. The summed E-state index contributed by atoms with van der Waals surface area (Å²) in [5, 5.41) is 6.72. The lowest BCUT2D eigenvalue weighted by Crippen LogP contribution is -2.69. The van der Waals surface area contributed by atoms with Crippen LogP contribution in [0.3, 0.4) is 0 Å². The molecule has 1 unspecified atom stereocenters. The van der Waals surface area contributed by atoms with Crippen LogP contribution < -0.4 is 5.32 Å². The second-order valence-electron chi connectivity index (χ2n) is 7.56. The van der Waals surface area contributed by atoms with Crippen LogP contribution >= 0.6 is 23.7 Å². The van der Waals surface area contributed by atoms with Gasteiger partial charge >= 0.3 is 0 Å². The average Bonchev–Trinajstić information content (AvgIpc) is 2.92. The molecule has 1 aromatic carbocycles. The van der Waals surface area contributed by atoms with E-state index in [2.05, 4.69) is 42.4 Å². The third kappa shape index (κ3) is 2.75. The van der Waals surface area contributed by atoms with Crippen molar-refractivity contribution >= 4 is 39.7 Å². The number of hydrogen-bond acceptors (Lipinski definition) is 3. The Morgan fingerprint density at radius 3 is 2.67 bits per heavy atom. The average molecular weight is 365 g/mol. The SMILES string of the molecule is Cc1csc2ccc(C(=O)NC3C4CCN(CC4)C3(C)C)cc12.Cl. The van der Waals surface area contributed by atoms with Crippen LogP contribution in [0.2, 0.25) is 0 Å². The quantitative estimate of drug-likeness (QED) is 0.864. The van der Waals surface area contributed by atoms with Gasteiger partial charge in [-0.15, -0.1) is 23.7 Å². The number of hydrogen-bond donors (Lipinski definition) is 1. The van der Waals surface area contributed by atoms with Gasteiger partial charge in [0.05, 0.1) is 0 Å². The Kier molecular flexibility index (Phi) is 4.67. The number of piperidine rings is 3. The summed E-state index contributed by atoms with van der Waals surface area (Å²) in [6.45, 7) is 9.00. The third-order valence-corrected chi connectivity index (χ3v) is 6.98. The van der Waals surface area contributed by atoms with E-state index in [1.165, 1.54) is 41.6 Å². The summed E-state index contributed by atoms with van der Waals surface area (Å²) >= 11 is 1.74. The zero-order valence-corrected chi connectivity index (χ0v) is 16.1. The van der Waals surface area contributed by atoms with Gasteiger partial charge in [0.15, 0.2) is 0 Å². The number of thiophene rings is 1. The van der Waals surface area contributed by atoms with E-state index in [1.807, 2.05) is 12.1 Å². The van der Waals surface area contributed by atoms with Gasteiger partial charge in [-0.1, -0.05) is 0 Å². The Bertz CT molecular complexity index is 762. The molecular formula is C19H25ClN2OS. The second kappa shape index (κ2) is 6.32. The predicted octanol–water partition coefficient (Wildman–Crippen LogP) is 4.23. The standard InChI is InChI=1S/C19H24N2OS.ClH/c1-12-11-23-16-5-4-14(10-15(12)16)18(22)20-17-13-6-8-21(9-7-13)19(17,2)3;/h4-5,10-11,13,17H,6-9H2,1-3H3,(H,20,22);1H. The molecular weight excluding hydrogens is 340 g/mol. The van der Waals surface area contributed by atoms with Crippen LogP contribution in [0.25, 0.3) is 10.1 Å². The predicted molar refractivity (Wildman–Crippen MR) is 103 cm³/mol. The lowest BCUT2D eigenvalue weighted by molar-refractivity contribution is -0.0378.